The number of fused-ring (bicyclic) bond motifs is 2. The Morgan fingerprint density at radius 1 is 1.08 bits per heavy atom. The third-order valence-electron chi connectivity index (χ3n) is 11.1. The standard InChI is InChI=1S/C32H38N2O4/c1-29(2)16-20-15-23-26(35)27(36)24(34(4)5)17-31(23)11-12-32(20,38-31)25-9-8-22(30(25,29)3)19-7-6-18-10-13-33-28(37)21(18)14-19/h6-8,10,13-16,24-27,35-36H,9,11-12,17H2,1-5H3,(H,33,37)/t24-,25?,26+,27+,30+,31+,32+/m0/s1. The van der Waals surface area contributed by atoms with Crippen LogP contribution in [0.1, 0.15) is 52.0 Å². The van der Waals surface area contributed by atoms with E-state index in [2.05, 4.69) is 62.2 Å². The topological polar surface area (TPSA) is 86.1 Å². The predicted octanol–water partition coefficient (Wildman–Crippen LogP) is 4.60. The number of ether oxygens (including phenoxy) is 1. The SMILES string of the molecule is CN(C)[C@H]1C[C@@]23CC[C@@]4(O2)C(=CC(C)(C)[C@]2(C)C(c5ccc6ccnc(O)c6c5)=CCC42)C=C3[C@@H](O)[C@@H]1O. The van der Waals surface area contributed by atoms with Crippen molar-refractivity contribution in [2.45, 2.75) is 75.9 Å². The molecule has 0 amide bonds. The minimum absolute atomic E-state index is 0.0628. The number of aliphatic hydroxyl groups excluding tert-OH is 2. The zero-order chi connectivity index (χ0) is 26.8. The van der Waals surface area contributed by atoms with Gasteiger partial charge in [-0.05, 0) is 85.0 Å². The monoisotopic (exact) mass is 514 g/mol. The summed E-state index contributed by atoms with van der Waals surface area (Å²) in [5.74, 6) is 0.296. The Labute approximate surface area is 224 Å². The number of benzene rings is 1. The van der Waals surface area contributed by atoms with Crippen LogP contribution in [0.2, 0.25) is 0 Å². The van der Waals surface area contributed by atoms with E-state index in [1.807, 2.05) is 25.1 Å². The number of nitrogens with zero attached hydrogens (tertiary/aromatic N) is 2. The summed E-state index contributed by atoms with van der Waals surface area (Å²) in [4.78, 5) is 6.13. The predicted molar refractivity (Wildman–Crippen MR) is 147 cm³/mol. The molecule has 200 valence electrons. The van der Waals surface area contributed by atoms with Crippen LogP contribution in [-0.4, -0.2) is 68.8 Å². The Hall–Kier alpha value is -2.51. The highest BCUT2D eigenvalue weighted by molar-refractivity contribution is 5.90. The van der Waals surface area contributed by atoms with Crippen molar-refractivity contribution in [3.05, 3.63) is 65.4 Å². The first kappa shape index (κ1) is 24.5. The Morgan fingerprint density at radius 2 is 1.87 bits per heavy atom. The zero-order valence-electron chi connectivity index (χ0n) is 22.9. The fraction of sp³-hybridized carbons (Fsp3) is 0.531. The Morgan fingerprint density at radius 3 is 2.63 bits per heavy atom. The summed E-state index contributed by atoms with van der Waals surface area (Å²) >= 11 is 0. The van der Waals surface area contributed by atoms with E-state index < -0.39 is 23.4 Å². The molecule has 7 atom stereocenters. The number of likely N-dealkylation sites (N-methyl/N-ethyl adjacent to an activating group) is 1. The van der Waals surface area contributed by atoms with E-state index >= 15 is 0 Å². The van der Waals surface area contributed by atoms with Crippen LogP contribution < -0.4 is 0 Å². The first-order valence-corrected chi connectivity index (χ1v) is 13.9. The van der Waals surface area contributed by atoms with Gasteiger partial charge in [0.05, 0.1) is 17.3 Å². The van der Waals surface area contributed by atoms with E-state index in [0.29, 0.717) is 6.42 Å². The molecule has 2 fully saturated rings. The third kappa shape index (κ3) is 2.84. The van der Waals surface area contributed by atoms with Gasteiger partial charge in [-0.1, -0.05) is 51.1 Å². The molecule has 2 aromatic rings. The van der Waals surface area contributed by atoms with Crippen LogP contribution in [-0.2, 0) is 4.74 Å². The third-order valence-corrected chi connectivity index (χ3v) is 11.1. The fourth-order valence-electron chi connectivity index (χ4n) is 8.83. The second kappa shape index (κ2) is 7.57. The highest BCUT2D eigenvalue weighted by Crippen LogP contribution is 2.71. The number of pyridine rings is 1. The maximum atomic E-state index is 11.3. The molecule has 1 saturated heterocycles. The smallest absolute Gasteiger partial charge is 0.218 e. The van der Waals surface area contributed by atoms with E-state index in [1.54, 1.807) is 6.20 Å². The molecule has 6 heteroatoms. The number of hydrogen-bond acceptors (Lipinski definition) is 6. The molecule has 6 nitrogen and oxygen atoms in total. The van der Waals surface area contributed by atoms with Gasteiger partial charge in [-0.3, -0.25) is 0 Å². The van der Waals surface area contributed by atoms with E-state index in [-0.39, 0.29) is 28.7 Å². The van der Waals surface area contributed by atoms with Gasteiger partial charge in [0.15, 0.2) is 0 Å². The Bertz CT molecular complexity index is 1460. The minimum atomic E-state index is -0.930. The van der Waals surface area contributed by atoms with Gasteiger partial charge in [0.1, 0.15) is 6.10 Å². The van der Waals surface area contributed by atoms with Crippen LogP contribution in [0.5, 0.6) is 5.88 Å². The van der Waals surface area contributed by atoms with Crippen molar-refractivity contribution in [2.75, 3.05) is 14.1 Å². The van der Waals surface area contributed by atoms with E-state index in [4.69, 9.17) is 4.74 Å². The quantitative estimate of drug-likeness (QED) is 0.543. The lowest BCUT2D eigenvalue weighted by Crippen LogP contribution is -2.63. The molecule has 3 heterocycles. The average molecular weight is 515 g/mol. The van der Waals surface area contributed by atoms with Gasteiger partial charge in [-0.15, -0.1) is 0 Å². The number of hydrogen-bond donors (Lipinski definition) is 3. The van der Waals surface area contributed by atoms with Crippen LogP contribution in [0.15, 0.2) is 59.8 Å². The van der Waals surface area contributed by atoms with Gasteiger partial charge in [0.25, 0.3) is 0 Å². The van der Waals surface area contributed by atoms with Gasteiger partial charge in [-0.25, -0.2) is 4.98 Å². The van der Waals surface area contributed by atoms with Crippen molar-refractivity contribution in [1.29, 1.82) is 0 Å². The summed E-state index contributed by atoms with van der Waals surface area (Å²) in [6.45, 7) is 7.01. The summed E-state index contributed by atoms with van der Waals surface area (Å²) < 4.78 is 7.31. The Balaban J connectivity index is 1.36. The second-order valence-electron chi connectivity index (χ2n) is 13.3. The molecule has 38 heavy (non-hydrogen) atoms. The number of allylic oxidation sites excluding steroid dienone is 3. The van der Waals surface area contributed by atoms with Gasteiger partial charge in [0, 0.05) is 29.0 Å². The summed E-state index contributed by atoms with van der Waals surface area (Å²) in [6, 6.07) is 8.10. The van der Waals surface area contributed by atoms with Crippen molar-refractivity contribution in [3.8, 4) is 5.88 Å². The first-order chi connectivity index (χ1) is 17.9. The van der Waals surface area contributed by atoms with Crippen LogP contribution >= 0.6 is 0 Å². The molecular formula is C32H38N2O4. The first-order valence-electron chi connectivity index (χ1n) is 13.9. The molecular weight excluding hydrogens is 476 g/mol. The van der Waals surface area contributed by atoms with Crippen molar-refractivity contribution >= 4 is 16.3 Å². The fourth-order valence-corrected chi connectivity index (χ4v) is 8.83. The maximum absolute atomic E-state index is 11.3. The van der Waals surface area contributed by atoms with Gasteiger partial charge < -0.3 is 25.0 Å². The molecule has 2 spiro atoms. The van der Waals surface area contributed by atoms with Crippen LogP contribution in [0.3, 0.4) is 0 Å². The van der Waals surface area contributed by atoms with Crippen molar-refractivity contribution < 1.29 is 20.1 Å². The zero-order valence-corrected chi connectivity index (χ0v) is 22.9. The molecule has 7 rings (SSSR count). The normalized spacial score (nSPS) is 40.8. The number of aromatic hydroxyl groups is 1. The number of rotatable bonds is 2. The summed E-state index contributed by atoms with van der Waals surface area (Å²) in [6.07, 6.45) is 10.2. The number of aliphatic hydroxyl groups is 2. The molecule has 5 aliphatic rings. The lowest BCUT2D eigenvalue weighted by molar-refractivity contribution is -0.170. The second-order valence-corrected chi connectivity index (χ2v) is 13.3. The van der Waals surface area contributed by atoms with Gasteiger partial charge in [0.2, 0.25) is 5.88 Å². The summed E-state index contributed by atoms with van der Waals surface area (Å²) in [7, 11) is 3.93. The molecule has 0 radical (unpaired) electrons. The van der Waals surface area contributed by atoms with Crippen molar-refractivity contribution in [1.82, 2.24) is 9.88 Å². The van der Waals surface area contributed by atoms with E-state index in [9.17, 15) is 15.3 Å². The molecule has 3 aliphatic carbocycles. The van der Waals surface area contributed by atoms with Gasteiger partial charge in [-0.2, -0.15) is 0 Å². The summed E-state index contributed by atoms with van der Waals surface area (Å²) in [5.41, 5.74) is 3.07. The lowest BCUT2D eigenvalue weighted by atomic mass is 9.49. The van der Waals surface area contributed by atoms with E-state index in [1.165, 1.54) is 5.57 Å². The average Bonchev–Trinajstić information content (AvgIpc) is 3.40. The van der Waals surface area contributed by atoms with Crippen LogP contribution in [0, 0.1) is 16.7 Å². The molecule has 1 saturated carbocycles. The van der Waals surface area contributed by atoms with Crippen LogP contribution in [0.25, 0.3) is 16.3 Å². The molecule has 1 aromatic heterocycles. The van der Waals surface area contributed by atoms with Gasteiger partial charge >= 0.3 is 0 Å². The minimum Gasteiger partial charge on any atom is -0.493 e. The molecule has 2 bridgehead atoms. The molecule has 1 aromatic carbocycles. The van der Waals surface area contributed by atoms with Crippen LogP contribution in [0.4, 0.5) is 0 Å². The highest BCUT2D eigenvalue weighted by Gasteiger charge is 2.70. The van der Waals surface area contributed by atoms with Crippen molar-refractivity contribution in [2.24, 2.45) is 16.7 Å². The molecule has 2 aliphatic heterocycles. The van der Waals surface area contributed by atoms with E-state index in [0.717, 1.165) is 46.7 Å². The summed E-state index contributed by atoms with van der Waals surface area (Å²) in [5, 5.41) is 34.5. The van der Waals surface area contributed by atoms with Crippen molar-refractivity contribution in [3.63, 3.8) is 0 Å². The lowest BCUT2D eigenvalue weighted by Gasteiger charge is -2.60. The highest BCUT2D eigenvalue weighted by atomic mass is 16.5. The number of aromatic nitrogens is 1. The molecule has 1 unspecified atom stereocenters. The maximum Gasteiger partial charge on any atom is 0.218 e. The largest absolute Gasteiger partial charge is 0.493 e. The molecule has 3 N–H and O–H groups in total. The Kier molecular flexibility index (Phi) is 4.88.